The number of hydrogen-bond acceptors (Lipinski definition) is 4. The van der Waals surface area contributed by atoms with Gasteiger partial charge >= 0.3 is 0 Å². The van der Waals surface area contributed by atoms with Gasteiger partial charge in [0.15, 0.2) is 0 Å². The lowest BCUT2D eigenvalue weighted by Gasteiger charge is -2.48. The van der Waals surface area contributed by atoms with Crippen LogP contribution in [0, 0.1) is 6.92 Å². The Kier molecular flexibility index (Phi) is 5.73. The van der Waals surface area contributed by atoms with Gasteiger partial charge in [0.05, 0.1) is 5.69 Å². The summed E-state index contributed by atoms with van der Waals surface area (Å²) >= 11 is 0. The van der Waals surface area contributed by atoms with Gasteiger partial charge in [-0.25, -0.2) is 0 Å². The zero-order chi connectivity index (χ0) is 15.3. The molecule has 2 rings (SSSR count). The van der Waals surface area contributed by atoms with Crippen LogP contribution in [0.1, 0.15) is 38.1 Å². The molecular weight excluding hydrogens is 260 g/mol. The molecule has 0 radical (unpaired) electrons. The lowest BCUT2D eigenvalue weighted by Crippen LogP contribution is -2.59. The second kappa shape index (κ2) is 7.34. The summed E-state index contributed by atoms with van der Waals surface area (Å²) in [6, 6.07) is 6.28. The molecule has 0 atom stereocenters. The molecule has 1 saturated heterocycles. The third-order valence-electron chi connectivity index (χ3n) is 4.97. The first-order chi connectivity index (χ1) is 10.1. The van der Waals surface area contributed by atoms with Gasteiger partial charge in [0.1, 0.15) is 0 Å². The Labute approximate surface area is 129 Å². The maximum absolute atomic E-state index is 6.20. The van der Waals surface area contributed by atoms with Gasteiger partial charge in [-0.3, -0.25) is 9.88 Å². The van der Waals surface area contributed by atoms with Crippen LogP contribution in [0.5, 0.6) is 0 Å². The van der Waals surface area contributed by atoms with Crippen molar-refractivity contribution in [3.05, 3.63) is 29.6 Å². The summed E-state index contributed by atoms with van der Waals surface area (Å²) in [6.07, 6.45) is 2.33. The highest BCUT2D eigenvalue weighted by atomic mass is 15.2. The number of nitrogens with zero attached hydrogens (tertiary/aromatic N) is 3. The molecule has 0 aliphatic carbocycles. The van der Waals surface area contributed by atoms with Crippen LogP contribution in [0.25, 0.3) is 0 Å². The van der Waals surface area contributed by atoms with Gasteiger partial charge in [-0.2, -0.15) is 0 Å². The first kappa shape index (κ1) is 16.4. The fourth-order valence-corrected chi connectivity index (χ4v) is 3.43. The average Bonchev–Trinajstić information content (AvgIpc) is 2.53. The molecule has 0 bridgehead atoms. The largest absolute Gasteiger partial charge is 0.329 e. The summed E-state index contributed by atoms with van der Waals surface area (Å²) in [5.41, 5.74) is 8.59. The standard InChI is InChI=1S/C17H30N4/c1-4-20-11-9-17(14-18,10-12-20)21(5-2)13-16-8-6-7-15(3)19-16/h6-8H,4-5,9-14,18H2,1-3H3. The summed E-state index contributed by atoms with van der Waals surface area (Å²) in [5, 5.41) is 0. The molecule has 0 saturated carbocycles. The Morgan fingerprint density at radius 1 is 1.29 bits per heavy atom. The van der Waals surface area contributed by atoms with E-state index in [1.807, 2.05) is 0 Å². The van der Waals surface area contributed by atoms with E-state index in [4.69, 9.17) is 5.73 Å². The predicted molar refractivity (Wildman–Crippen MR) is 88.2 cm³/mol. The zero-order valence-corrected chi connectivity index (χ0v) is 13.8. The smallest absolute Gasteiger partial charge is 0.0547 e. The fourth-order valence-electron chi connectivity index (χ4n) is 3.43. The molecule has 1 aromatic rings. The molecule has 0 aromatic carbocycles. The highest BCUT2D eigenvalue weighted by molar-refractivity contribution is 5.11. The van der Waals surface area contributed by atoms with Gasteiger partial charge in [0.2, 0.25) is 0 Å². The zero-order valence-electron chi connectivity index (χ0n) is 13.8. The summed E-state index contributed by atoms with van der Waals surface area (Å²) in [4.78, 5) is 9.72. The van der Waals surface area contributed by atoms with Crippen molar-refractivity contribution in [2.45, 2.75) is 45.7 Å². The van der Waals surface area contributed by atoms with E-state index in [1.54, 1.807) is 0 Å². The number of hydrogen-bond donors (Lipinski definition) is 1. The topological polar surface area (TPSA) is 45.4 Å². The van der Waals surface area contributed by atoms with E-state index >= 15 is 0 Å². The van der Waals surface area contributed by atoms with Gasteiger partial charge in [-0.15, -0.1) is 0 Å². The van der Waals surface area contributed by atoms with Gasteiger partial charge in [-0.1, -0.05) is 19.9 Å². The van der Waals surface area contributed by atoms with Crippen LogP contribution < -0.4 is 5.73 Å². The minimum absolute atomic E-state index is 0.145. The molecule has 21 heavy (non-hydrogen) atoms. The van der Waals surface area contributed by atoms with Crippen molar-refractivity contribution >= 4 is 0 Å². The van der Waals surface area contributed by atoms with E-state index in [0.717, 1.165) is 63.5 Å². The van der Waals surface area contributed by atoms with Crippen molar-refractivity contribution in [3.8, 4) is 0 Å². The van der Waals surface area contributed by atoms with Crippen molar-refractivity contribution < 1.29 is 0 Å². The third kappa shape index (κ3) is 3.82. The molecule has 118 valence electrons. The van der Waals surface area contributed by atoms with Crippen molar-refractivity contribution in [1.82, 2.24) is 14.8 Å². The lowest BCUT2D eigenvalue weighted by atomic mass is 9.85. The summed E-state index contributed by atoms with van der Waals surface area (Å²) < 4.78 is 0. The van der Waals surface area contributed by atoms with Gasteiger partial charge in [-0.05, 0) is 58.1 Å². The number of pyridine rings is 1. The van der Waals surface area contributed by atoms with E-state index in [-0.39, 0.29) is 5.54 Å². The van der Waals surface area contributed by atoms with Crippen LogP contribution in [0.2, 0.25) is 0 Å². The van der Waals surface area contributed by atoms with Crippen molar-refractivity contribution in [3.63, 3.8) is 0 Å². The summed E-state index contributed by atoms with van der Waals surface area (Å²) in [6.45, 7) is 12.7. The number of aromatic nitrogens is 1. The van der Waals surface area contributed by atoms with E-state index in [0.29, 0.717) is 0 Å². The Morgan fingerprint density at radius 3 is 2.52 bits per heavy atom. The average molecular weight is 290 g/mol. The number of aryl methyl sites for hydroxylation is 1. The Bertz CT molecular complexity index is 438. The molecule has 1 aliphatic heterocycles. The first-order valence-corrected chi connectivity index (χ1v) is 8.23. The molecule has 0 unspecified atom stereocenters. The second-order valence-electron chi connectivity index (χ2n) is 6.15. The molecule has 4 nitrogen and oxygen atoms in total. The SMILES string of the molecule is CCN1CCC(CN)(N(CC)Cc2cccc(C)n2)CC1. The maximum atomic E-state index is 6.20. The third-order valence-corrected chi connectivity index (χ3v) is 4.97. The first-order valence-electron chi connectivity index (χ1n) is 8.23. The van der Waals surface area contributed by atoms with Gasteiger partial charge in [0, 0.05) is 24.3 Å². The second-order valence-corrected chi connectivity index (χ2v) is 6.15. The quantitative estimate of drug-likeness (QED) is 0.871. The van der Waals surface area contributed by atoms with Crippen LogP contribution in [0.4, 0.5) is 0 Å². The van der Waals surface area contributed by atoms with Crippen molar-refractivity contribution in [1.29, 1.82) is 0 Å². The van der Waals surface area contributed by atoms with Crippen LogP contribution in [-0.2, 0) is 6.54 Å². The molecule has 0 amide bonds. The lowest BCUT2D eigenvalue weighted by molar-refractivity contribution is 0.0251. The molecule has 4 heteroatoms. The van der Waals surface area contributed by atoms with E-state index in [9.17, 15) is 0 Å². The van der Waals surface area contributed by atoms with E-state index in [2.05, 4.69) is 53.8 Å². The molecule has 2 heterocycles. The molecule has 1 aliphatic rings. The molecule has 1 fully saturated rings. The minimum Gasteiger partial charge on any atom is -0.329 e. The van der Waals surface area contributed by atoms with Crippen molar-refractivity contribution in [2.75, 3.05) is 32.7 Å². The van der Waals surface area contributed by atoms with Crippen LogP contribution >= 0.6 is 0 Å². The maximum Gasteiger partial charge on any atom is 0.0547 e. The summed E-state index contributed by atoms with van der Waals surface area (Å²) in [5.74, 6) is 0. The highest BCUT2D eigenvalue weighted by Crippen LogP contribution is 2.29. The van der Waals surface area contributed by atoms with E-state index in [1.165, 1.54) is 0 Å². The molecular formula is C17H30N4. The van der Waals surface area contributed by atoms with Crippen LogP contribution in [-0.4, -0.2) is 53.0 Å². The predicted octanol–water partition coefficient (Wildman–Crippen LogP) is 2.03. The number of nitrogens with two attached hydrogens (primary N) is 1. The molecule has 2 N–H and O–H groups in total. The van der Waals surface area contributed by atoms with Gasteiger partial charge in [0.25, 0.3) is 0 Å². The Balaban J connectivity index is 2.11. The van der Waals surface area contributed by atoms with Gasteiger partial charge < -0.3 is 10.6 Å². The molecule has 1 aromatic heterocycles. The van der Waals surface area contributed by atoms with Crippen LogP contribution in [0.3, 0.4) is 0 Å². The van der Waals surface area contributed by atoms with Crippen LogP contribution in [0.15, 0.2) is 18.2 Å². The number of likely N-dealkylation sites (N-methyl/N-ethyl adjacent to an activating group) is 1. The summed E-state index contributed by atoms with van der Waals surface area (Å²) in [7, 11) is 0. The molecule has 0 spiro atoms. The van der Waals surface area contributed by atoms with Crippen molar-refractivity contribution in [2.24, 2.45) is 5.73 Å². The van der Waals surface area contributed by atoms with E-state index < -0.39 is 0 Å². The minimum atomic E-state index is 0.145. The normalized spacial score (nSPS) is 19.1. The fraction of sp³-hybridized carbons (Fsp3) is 0.706. The number of rotatable bonds is 6. The highest BCUT2D eigenvalue weighted by Gasteiger charge is 2.37. The number of piperidine rings is 1. The number of likely N-dealkylation sites (tertiary alicyclic amines) is 1. The monoisotopic (exact) mass is 290 g/mol. The Hall–Kier alpha value is -0.970. The Morgan fingerprint density at radius 2 is 2.00 bits per heavy atom.